The molecule has 7 nitrogen and oxygen atoms in total. The van der Waals surface area contributed by atoms with Crippen molar-refractivity contribution >= 4 is 17.9 Å². The lowest BCUT2D eigenvalue weighted by atomic mass is 10.2. The molecule has 110 valence electrons. The fourth-order valence-corrected chi connectivity index (χ4v) is 1.06. The number of hydrogen-bond acceptors (Lipinski definition) is 3. The van der Waals surface area contributed by atoms with Gasteiger partial charge in [-0.3, -0.25) is 4.79 Å². The lowest BCUT2D eigenvalue weighted by molar-refractivity contribution is -0.141. The molecule has 0 aromatic rings. The monoisotopic (exact) mass is 285 g/mol. The highest BCUT2D eigenvalue weighted by molar-refractivity contribution is 5.87. The molecule has 0 aliphatic rings. The first-order chi connectivity index (χ1) is 8.53. The van der Waals surface area contributed by atoms with E-state index in [9.17, 15) is 27.6 Å². The largest absolute Gasteiger partial charge is 0.480 e. The third kappa shape index (κ3) is 7.84. The SMILES string of the molecule is CN(CCC(F)(F)F)C(=O)N[C@@H](CC(N)=O)C(=O)O. The van der Waals surface area contributed by atoms with Gasteiger partial charge in [-0.1, -0.05) is 0 Å². The summed E-state index contributed by atoms with van der Waals surface area (Å²) in [6.07, 6.45) is -6.29. The molecule has 0 rings (SSSR count). The van der Waals surface area contributed by atoms with Crippen LogP contribution in [0.2, 0.25) is 0 Å². The average molecular weight is 285 g/mol. The number of primary amides is 1. The summed E-state index contributed by atoms with van der Waals surface area (Å²) in [5.74, 6) is -2.46. The molecule has 0 saturated carbocycles. The fraction of sp³-hybridized carbons (Fsp3) is 0.667. The number of nitrogens with two attached hydrogens (primary N) is 1. The van der Waals surface area contributed by atoms with Crippen molar-refractivity contribution in [2.24, 2.45) is 5.73 Å². The molecule has 0 unspecified atom stereocenters. The molecule has 0 bridgehead atoms. The van der Waals surface area contributed by atoms with Crippen molar-refractivity contribution in [1.82, 2.24) is 10.2 Å². The molecular weight excluding hydrogens is 271 g/mol. The fourth-order valence-electron chi connectivity index (χ4n) is 1.06. The second kappa shape index (κ2) is 6.81. The molecule has 3 amide bonds. The highest BCUT2D eigenvalue weighted by Crippen LogP contribution is 2.19. The van der Waals surface area contributed by atoms with E-state index < -0.39 is 49.5 Å². The normalized spacial score (nSPS) is 12.6. The molecule has 4 N–H and O–H groups in total. The van der Waals surface area contributed by atoms with Crippen molar-refractivity contribution in [3.8, 4) is 0 Å². The van der Waals surface area contributed by atoms with Crippen molar-refractivity contribution in [3.05, 3.63) is 0 Å². The van der Waals surface area contributed by atoms with Gasteiger partial charge in [0.1, 0.15) is 6.04 Å². The van der Waals surface area contributed by atoms with E-state index in [1.165, 1.54) is 0 Å². The minimum Gasteiger partial charge on any atom is -0.480 e. The maximum Gasteiger partial charge on any atom is 0.390 e. The van der Waals surface area contributed by atoms with E-state index >= 15 is 0 Å². The number of rotatable bonds is 6. The molecule has 0 fully saturated rings. The van der Waals surface area contributed by atoms with Crippen LogP contribution in [0.25, 0.3) is 0 Å². The number of halogens is 3. The number of nitrogens with zero attached hydrogens (tertiary/aromatic N) is 1. The molecule has 19 heavy (non-hydrogen) atoms. The van der Waals surface area contributed by atoms with E-state index in [0.717, 1.165) is 7.05 Å². The number of hydrogen-bond donors (Lipinski definition) is 3. The van der Waals surface area contributed by atoms with Crippen LogP contribution < -0.4 is 11.1 Å². The summed E-state index contributed by atoms with van der Waals surface area (Å²) in [5, 5.41) is 10.6. The van der Waals surface area contributed by atoms with Gasteiger partial charge < -0.3 is 21.1 Å². The predicted octanol–water partition coefficient (Wildman–Crippen LogP) is -0.0912. The Morgan fingerprint density at radius 2 is 1.89 bits per heavy atom. The highest BCUT2D eigenvalue weighted by Gasteiger charge is 2.29. The number of carbonyl (C=O) groups excluding carboxylic acids is 2. The lowest BCUT2D eigenvalue weighted by Gasteiger charge is -2.21. The van der Waals surface area contributed by atoms with Gasteiger partial charge >= 0.3 is 18.2 Å². The molecule has 0 aliphatic heterocycles. The van der Waals surface area contributed by atoms with Crippen molar-refractivity contribution in [2.75, 3.05) is 13.6 Å². The van der Waals surface area contributed by atoms with Crippen LogP contribution in [-0.2, 0) is 9.59 Å². The second-order valence-electron chi connectivity index (χ2n) is 3.80. The van der Waals surface area contributed by atoms with Crippen LogP contribution in [0.15, 0.2) is 0 Å². The first-order valence-corrected chi connectivity index (χ1v) is 5.12. The van der Waals surface area contributed by atoms with Crippen LogP contribution in [0.5, 0.6) is 0 Å². The maximum absolute atomic E-state index is 11.9. The Morgan fingerprint density at radius 1 is 1.37 bits per heavy atom. The van der Waals surface area contributed by atoms with Crippen molar-refractivity contribution in [2.45, 2.75) is 25.1 Å². The Hall–Kier alpha value is -2.00. The molecule has 1 atom stereocenters. The molecule has 0 radical (unpaired) electrons. The summed E-state index contributed by atoms with van der Waals surface area (Å²) >= 11 is 0. The van der Waals surface area contributed by atoms with Crippen molar-refractivity contribution in [1.29, 1.82) is 0 Å². The summed E-state index contributed by atoms with van der Waals surface area (Å²) in [7, 11) is 1.07. The van der Waals surface area contributed by atoms with Gasteiger partial charge in [0.2, 0.25) is 5.91 Å². The van der Waals surface area contributed by atoms with Crippen LogP contribution >= 0.6 is 0 Å². The predicted molar refractivity (Wildman–Crippen MR) is 57.1 cm³/mol. The quantitative estimate of drug-likeness (QED) is 0.633. The average Bonchev–Trinajstić information content (AvgIpc) is 2.22. The minimum atomic E-state index is -4.42. The first kappa shape index (κ1) is 17.0. The molecule has 10 heteroatoms. The highest BCUT2D eigenvalue weighted by atomic mass is 19.4. The summed E-state index contributed by atoms with van der Waals surface area (Å²) in [6, 6.07) is -2.60. The van der Waals surface area contributed by atoms with E-state index in [-0.39, 0.29) is 0 Å². The van der Waals surface area contributed by atoms with E-state index in [1.54, 1.807) is 0 Å². The number of carboxylic acid groups (broad SMARTS) is 1. The minimum absolute atomic E-state index is 0.627. The first-order valence-electron chi connectivity index (χ1n) is 5.12. The number of nitrogens with one attached hydrogen (secondary N) is 1. The molecule has 0 saturated heterocycles. The van der Waals surface area contributed by atoms with Gasteiger partial charge in [0, 0.05) is 13.6 Å². The summed E-state index contributed by atoms with van der Waals surface area (Å²) in [5.41, 5.74) is 4.78. The van der Waals surface area contributed by atoms with E-state index in [0.29, 0.717) is 4.90 Å². The van der Waals surface area contributed by atoms with Crippen LogP contribution in [0.4, 0.5) is 18.0 Å². The summed E-state index contributed by atoms with van der Waals surface area (Å²) < 4.78 is 35.8. The van der Waals surface area contributed by atoms with Gasteiger partial charge in [-0.05, 0) is 0 Å². The van der Waals surface area contributed by atoms with Crippen molar-refractivity contribution in [3.63, 3.8) is 0 Å². The van der Waals surface area contributed by atoms with Gasteiger partial charge in [-0.25, -0.2) is 9.59 Å². The summed E-state index contributed by atoms with van der Waals surface area (Å²) in [4.78, 5) is 33.3. The Labute approximate surface area is 106 Å². The molecule has 0 spiro atoms. The number of amides is 3. The second-order valence-corrected chi connectivity index (χ2v) is 3.80. The molecule has 0 aliphatic carbocycles. The van der Waals surface area contributed by atoms with Crippen LogP contribution in [0.3, 0.4) is 0 Å². The third-order valence-corrected chi connectivity index (χ3v) is 2.08. The van der Waals surface area contributed by atoms with Crippen LogP contribution in [0.1, 0.15) is 12.8 Å². The third-order valence-electron chi connectivity index (χ3n) is 2.08. The molecule has 0 aromatic carbocycles. The van der Waals surface area contributed by atoms with E-state index in [2.05, 4.69) is 0 Å². The lowest BCUT2D eigenvalue weighted by Crippen LogP contribution is -2.48. The molecular formula is C9H14F3N3O4. The van der Waals surface area contributed by atoms with Crippen LogP contribution in [0, 0.1) is 0 Å². The number of alkyl halides is 3. The smallest absolute Gasteiger partial charge is 0.390 e. The zero-order chi connectivity index (χ0) is 15.2. The van der Waals surface area contributed by atoms with Gasteiger partial charge in [-0.15, -0.1) is 0 Å². The zero-order valence-corrected chi connectivity index (χ0v) is 10.0. The Balaban J connectivity index is 4.39. The van der Waals surface area contributed by atoms with Gasteiger partial charge in [0.05, 0.1) is 12.8 Å². The van der Waals surface area contributed by atoms with Gasteiger partial charge in [0.25, 0.3) is 0 Å². The van der Waals surface area contributed by atoms with Crippen LogP contribution in [-0.4, -0.2) is 53.7 Å². The van der Waals surface area contributed by atoms with E-state index in [1.807, 2.05) is 5.32 Å². The molecule has 0 heterocycles. The number of urea groups is 1. The van der Waals surface area contributed by atoms with Gasteiger partial charge in [-0.2, -0.15) is 13.2 Å². The number of carbonyl (C=O) groups is 3. The Bertz CT molecular complexity index is 359. The number of aliphatic carboxylic acids is 1. The van der Waals surface area contributed by atoms with Gasteiger partial charge in [0.15, 0.2) is 0 Å². The topological polar surface area (TPSA) is 113 Å². The molecule has 0 aromatic heterocycles. The van der Waals surface area contributed by atoms with Crippen molar-refractivity contribution < 1.29 is 32.7 Å². The summed E-state index contributed by atoms with van der Waals surface area (Å²) in [6.45, 7) is -0.627. The van der Waals surface area contributed by atoms with E-state index in [4.69, 9.17) is 10.8 Å². The Morgan fingerprint density at radius 3 is 2.26 bits per heavy atom. The Kier molecular flexibility index (Phi) is 6.09. The number of carboxylic acids is 1. The maximum atomic E-state index is 11.9. The zero-order valence-electron chi connectivity index (χ0n) is 10.0. The standard InChI is InChI=1S/C9H14F3N3O4/c1-15(3-2-9(10,11)12)8(19)14-5(7(17)18)4-6(13)16/h5H,2-4H2,1H3,(H2,13,16)(H,14,19)(H,17,18)/t5-/m0/s1.